The standard InChI is InChI=1S/C20H20N2O5/c1-24-15-10-7-14(8-11-15)9-12-19(23)26-13-18-21-20(22-27-18)16-5-3-4-6-17(16)25-2/h3-8,10-11H,9,12-13H2,1-2H3. The van der Waals surface area contributed by atoms with Crippen molar-refractivity contribution >= 4 is 5.97 Å². The number of nitrogens with zero attached hydrogens (tertiary/aromatic N) is 2. The lowest BCUT2D eigenvalue weighted by molar-refractivity contribution is -0.145. The van der Waals surface area contributed by atoms with Crippen molar-refractivity contribution in [2.75, 3.05) is 14.2 Å². The van der Waals surface area contributed by atoms with Gasteiger partial charge in [0.25, 0.3) is 5.89 Å². The molecule has 0 bridgehead atoms. The monoisotopic (exact) mass is 368 g/mol. The molecule has 0 aliphatic rings. The first-order valence-corrected chi connectivity index (χ1v) is 8.44. The van der Waals surface area contributed by atoms with E-state index in [0.717, 1.165) is 11.3 Å². The summed E-state index contributed by atoms with van der Waals surface area (Å²) < 4.78 is 20.7. The van der Waals surface area contributed by atoms with Crippen LogP contribution in [0.1, 0.15) is 17.9 Å². The first kappa shape index (κ1) is 18.4. The number of benzene rings is 2. The van der Waals surface area contributed by atoms with Gasteiger partial charge in [0.05, 0.1) is 19.8 Å². The molecular formula is C20H20N2O5. The molecule has 140 valence electrons. The Kier molecular flexibility index (Phi) is 6.04. The van der Waals surface area contributed by atoms with E-state index in [-0.39, 0.29) is 24.9 Å². The summed E-state index contributed by atoms with van der Waals surface area (Å²) in [6.45, 7) is -0.0659. The van der Waals surface area contributed by atoms with Gasteiger partial charge in [-0.1, -0.05) is 29.4 Å². The summed E-state index contributed by atoms with van der Waals surface area (Å²) in [5.41, 5.74) is 1.74. The third-order valence-corrected chi connectivity index (χ3v) is 3.95. The minimum absolute atomic E-state index is 0.0659. The quantitative estimate of drug-likeness (QED) is 0.563. The number of hydrogen-bond donors (Lipinski definition) is 0. The lowest BCUT2D eigenvalue weighted by Gasteiger charge is -2.04. The number of carbonyl (C=O) groups excluding carboxylic acids is 1. The zero-order chi connectivity index (χ0) is 19.1. The van der Waals surface area contributed by atoms with Gasteiger partial charge in [-0.15, -0.1) is 0 Å². The maximum Gasteiger partial charge on any atom is 0.306 e. The van der Waals surface area contributed by atoms with Crippen LogP contribution in [0.5, 0.6) is 11.5 Å². The van der Waals surface area contributed by atoms with Gasteiger partial charge in [-0.3, -0.25) is 4.79 Å². The Balaban J connectivity index is 1.51. The van der Waals surface area contributed by atoms with E-state index >= 15 is 0 Å². The average molecular weight is 368 g/mol. The molecule has 0 fully saturated rings. The van der Waals surface area contributed by atoms with Gasteiger partial charge in [0, 0.05) is 6.42 Å². The van der Waals surface area contributed by atoms with Gasteiger partial charge in [0.15, 0.2) is 6.61 Å². The lowest BCUT2D eigenvalue weighted by atomic mass is 10.1. The molecule has 0 amide bonds. The van der Waals surface area contributed by atoms with E-state index in [0.29, 0.717) is 23.6 Å². The molecule has 27 heavy (non-hydrogen) atoms. The van der Waals surface area contributed by atoms with Crippen molar-refractivity contribution in [2.24, 2.45) is 0 Å². The highest BCUT2D eigenvalue weighted by Gasteiger charge is 2.14. The molecule has 0 atom stereocenters. The van der Waals surface area contributed by atoms with Crippen LogP contribution in [-0.4, -0.2) is 30.3 Å². The fraction of sp³-hybridized carbons (Fsp3) is 0.250. The Labute approximate surface area is 156 Å². The van der Waals surface area contributed by atoms with Crippen LogP contribution < -0.4 is 9.47 Å². The highest BCUT2D eigenvalue weighted by Crippen LogP contribution is 2.27. The molecule has 1 heterocycles. The molecule has 3 aromatic rings. The predicted molar refractivity (Wildman–Crippen MR) is 97.4 cm³/mol. The van der Waals surface area contributed by atoms with Crippen LogP contribution in [0.25, 0.3) is 11.4 Å². The molecule has 0 unspecified atom stereocenters. The normalized spacial score (nSPS) is 10.4. The molecule has 0 saturated heterocycles. The van der Waals surface area contributed by atoms with E-state index in [2.05, 4.69) is 10.1 Å². The second-order valence-electron chi connectivity index (χ2n) is 5.72. The van der Waals surface area contributed by atoms with Crippen molar-refractivity contribution in [1.82, 2.24) is 10.1 Å². The van der Waals surface area contributed by atoms with Gasteiger partial charge in [-0.05, 0) is 36.2 Å². The Bertz CT molecular complexity index is 889. The number of aryl methyl sites for hydroxylation is 1. The minimum atomic E-state index is -0.331. The second kappa shape index (κ2) is 8.84. The van der Waals surface area contributed by atoms with Crippen LogP contribution in [0.15, 0.2) is 53.1 Å². The van der Waals surface area contributed by atoms with Gasteiger partial charge in [0.2, 0.25) is 5.82 Å². The molecular weight excluding hydrogens is 348 g/mol. The van der Waals surface area contributed by atoms with Crippen LogP contribution >= 0.6 is 0 Å². The summed E-state index contributed by atoms with van der Waals surface area (Å²) in [5, 5.41) is 3.91. The van der Waals surface area contributed by atoms with Gasteiger partial charge >= 0.3 is 5.97 Å². The molecule has 2 aromatic carbocycles. The predicted octanol–water partition coefficient (Wildman–Crippen LogP) is 3.43. The van der Waals surface area contributed by atoms with E-state index in [9.17, 15) is 4.79 Å². The Morgan fingerprint density at radius 3 is 2.56 bits per heavy atom. The molecule has 3 rings (SSSR count). The van der Waals surface area contributed by atoms with Crippen molar-refractivity contribution in [3.8, 4) is 22.9 Å². The number of esters is 1. The zero-order valence-corrected chi connectivity index (χ0v) is 15.2. The first-order chi connectivity index (χ1) is 13.2. The highest BCUT2D eigenvalue weighted by molar-refractivity contribution is 5.69. The third-order valence-electron chi connectivity index (χ3n) is 3.95. The summed E-state index contributed by atoms with van der Waals surface area (Å²) in [6.07, 6.45) is 0.846. The van der Waals surface area contributed by atoms with E-state index < -0.39 is 0 Å². The number of rotatable bonds is 8. The lowest BCUT2D eigenvalue weighted by Crippen LogP contribution is -2.06. The minimum Gasteiger partial charge on any atom is -0.497 e. The van der Waals surface area contributed by atoms with Crippen molar-refractivity contribution in [3.63, 3.8) is 0 Å². The first-order valence-electron chi connectivity index (χ1n) is 8.44. The van der Waals surface area contributed by atoms with Gasteiger partial charge in [-0.2, -0.15) is 4.98 Å². The summed E-state index contributed by atoms with van der Waals surface area (Å²) in [5.74, 6) is 1.71. The third kappa shape index (κ3) is 4.84. The highest BCUT2D eigenvalue weighted by atomic mass is 16.6. The number of methoxy groups -OCH3 is 2. The van der Waals surface area contributed by atoms with E-state index in [1.54, 1.807) is 14.2 Å². The van der Waals surface area contributed by atoms with E-state index in [1.807, 2.05) is 48.5 Å². The van der Waals surface area contributed by atoms with Gasteiger partial charge in [-0.25, -0.2) is 0 Å². The number of carbonyl (C=O) groups is 1. The molecule has 0 radical (unpaired) electrons. The van der Waals surface area contributed by atoms with Crippen molar-refractivity contribution in [1.29, 1.82) is 0 Å². The smallest absolute Gasteiger partial charge is 0.306 e. The fourth-order valence-corrected chi connectivity index (χ4v) is 2.51. The fourth-order valence-electron chi connectivity index (χ4n) is 2.51. The summed E-state index contributed by atoms with van der Waals surface area (Å²) >= 11 is 0. The maximum atomic E-state index is 11.9. The summed E-state index contributed by atoms with van der Waals surface area (Å²) in [6, 6.07) is 14.9. The van der Waals surface area contributed by atoms with Crippen LogP contribution in [0.3, 0.4) is 0 Å². The molecule has 0 saturated carbocycles. The maximum absolute atomic E-state index is 11.9. The molecule has 1 aromatic heterocycles. The topological polar surface area (TPSA) is 83.7 Å². The summed E-state index contributed by atoms with van der Waals surface area (Å²) in [4.78, 5) is 16.2. The number of aromatic nitrogens is 2. The van der Waals surface area contributed by atoms with Crippen molar-refractivity contribution in [3.05, 3.63) is 60.0 Å². The van der Waals surface area contributed by atoms with E-state index in [4.69, 9.17) is 18.7 Å². The second-order valence-corrected chi connectivity index (χ2v) is 5.72. The largest absolute Gasteiger partial charge is 0.497 e. The van der Waals surface area contributed by atoms with Crippen molar-refractivity contribution in [2.45, 2.75) is 19.4 Å². The molecule has 0 spiro atoms. The summed E-state index contributed by atoms with van der Waals surface area (Å²) in [7, 11) is 3.19. The zero-order valence-electron chi connectivity index (χ0n) is 15.2. The Morgan fingerprint density at radius 1 is 1.04 bits per heavy atom. The SMILES string of the molecule is COc1ccc(CCC(=O)OCc2nc(-c3ccccc3OC)no2)cc1. The van der Waals surface area contributed by atoms with E-state index in [1.165, 1.54) is 0 Å². The van der Waals surface area contributed by atoms with Crippen molar-refractivity contribution < 1.29 is 23.5 Å². The Hall–Kier alpha value is -3.35. The van der Waals surface area contributed by atoms with Crippen LogP contribution in [0, 0.1) is 0 Å². The number of hydrogen-bond acceptors (Lipinski definition) is 7. The molecule has 7 heteroatoms. The van der Waals surface area contributed by atoms with Crippen LogP contribution in [-0.2, 0) is 22.6 Å². The van der Waals surface area contributed by atoms with Gasteiger partial charge < -0.3 is 18.7 Å². The Morgan fingerprint density at radius 2 is 1.81 bits per heavy atom. The molecule has 0 aliphatic carbocycles. The molecule has 7 nitrogen and oxygen atoms in total. The van der Waals surface area contributed by atoms with Crippen LogP contribution in [0.4, 0.5) is 0 Å². The molecule has 0 aliphatic heterocycles. The number of para-hydroxylation sites is 1. The number of ether oxygens (including phenoxy) is 3. The van der Waals surface area contributed by atoms with Crippen LogP contribution in [0.2, 0.25) is 0 Å². The van der Waals surface area contributed by atoms with Gasteiger partial charge in [0.1, 0.15) is 11.5 Å². The average Bonchev–Trinajstić information content (AvgIpc) is 3.20. The molecule has 0 N–H and O–H groups in total.